The number of alkyl halides is 5. The molecule has 0 spiro atoms. The van der Waals surface area contributed by atoms with Crippen LogP contribution < -0.4 is 0 Å². The first-order chi connectivity index (χ1) is 8.11. The van der Waals surface area contributed by atoms with E-state index in [-0.39, 0.29) is 28.4 Å². The van der Waals surface area contributed by atoms with Crippen LogP contribution in [0.4, 0.5) is 22.0 Å². The van der Waals surface area contributed by atoms with E-state index in [1.54, 1.807) is 0 Å². The molecule has 2 nitrogen and oxygen atoms in total. The molecule has 0 saturated carbocycles. The van der Waals surface area contributed by atoms with Crippen LogP contribution in [-0.2, 0) is 10.7 Å². The molecule has 0 unspecified atom stereocenters. The molecule has 0 N–H and O–H groups in total. The molecule has 102 valence electrons. The van der Waals surface area contributed by atoms with Gasteiger partial charge in [-0.15, -0.1) is 11.3 Å². The summed E-state index contributed by atoms with van der Waals surface area (Å²) in [5, 5.41) is 0. The second kappa shape index (κ2) is 4.83. The summed E-state index contributed by atoms with van der Waals surface area (Å²) in [5.74, 6) is -5.87. The van der Waals surface area contributed by atoms with E-state index in [4.69, 9.17) is 0 Å². The lowest BCUT2D eigenvalue weighted by Gasteiger charge is -2.17. The Kier molecular flexibility index (Phi) is 3.99. The third-order valence-corrected chi connectivity index (χ3v) is 3.20. The minimum atomic E-state index is -5.68. The maximum absolute atomic E-state index is 13.0. The fourth-order valence-electron chi connectivity index (χ4n) is 1.19. The van der Waals surface area contributed by atoms with Gasteiger partial charge in [0.15, 0.2) is 0 Å². The Morgan fingerprint density at radius 1 is 1.33 bits per heavy atom. The van der Waals surface area contributed by atoms with E-state index in [0.29, 0.717) is 6.07 Å². The fraction of sp³-hybridized carbons (Fsp3) is 0.500. The highest BCUT2D eigenvalue weighted by Crippen LogP contribution is 2.47. The topological polar surface area (TPSA) is 26.3 Å². The summed E-state index contributed by atoms with van der Waals surface area (Å²) < 4.78 is 67.1. The number of hydrogen-bond donors (Lipinski definition) is 0. The average Bonchev–Trinajstić information content (AvgIpc) is 2.59. The Bertz CT molecular complexity index is 450. The SMILES string of the molecule is CCOC(=O)c1cc(C(F)(F)C(F)(F)F)sc1C. The molecule has 0 atom stereocenters. The van der Waals surface area contributed by atoms with Crippen LogP contribution in [0.2, 0.25) is 0 Å². The molecule has 0 bridgehead atoms. The van der Waals surface area contributed by atoms with Crippen LogP contribution in [-0.4, -0.2) is 18.8 Å². The molecular weight excluding hydrogens is 279 g/mol. The van der Waals surface area contributed by atoms with Crippen molar-refractivity contribution in [1.82, 2.24) is 0 Å². The van der Waals surface area contributed by atoms with Gasteiger partial charge in [0.05, 0.1) is 17.0 Å². The molecule has 1 heterocycles. The zero-order chi connectivity index (χ0) is 14.1. The lowest BCUT2D eigenvalue weighted by Crippen LogP contribution is -2.32. The van der Waals surface area contributed by atoms with Crippen LogP contribution >= 0.6 is 11.3 Å². The molecular formula is C10H9F5O2S. The maximum Gasteiger partial charge on any atom is 0.458 e. The van der Waals surface area contributed by atoms with E-state index in [0.717, 1.165) is 0 Å². The monoisotopic (exact) mass is 288 g/mol. The molecule has 1 rings (SSSR count). The van der Waals surface area contributed by atoms with Crippen molar-refractivity contribution in [1.29, 1.82) is 0 Å². The number of rotatable bonds is 3. The summed E-state index contributed by atoms with van der Waals surface area (Å²) in [6, 6.07) is 0.533. The number of carbonyl (C=O) groups is 1. The minimum absolute atomic E-state index is 0.0130. The second-order valence-corrected chi connectivity index (χ2v) is 4.63. The van der Waals surface area contributed by atoms with Gasteiger partial charge in [-0.05, 0) is 19.9 Å². The van der Waals surface area contributed by atoms with E-state index in [2.05, 4.69) is 4.74 Å². The highest BCUT2D eigenvalue weighted by atomic mass is 32.1. The first-order valence-corrected chi connectivity index (χ1v) is 5.65. The van der Waals surface area contributed by atoms with Gasteiger partial charge in [-0.2, -0.15) is 22.0 Å². The number of halogens is 5. The Labute approximate surface area is 103 Å². The van der Waals surface area contributed by atoms with Crippen molar-refractivity contribution in [2.24, 2.45) is 0 Å². The first-order valence-electron chi connectivity index (χ1n) is 4.83. The molecule has 0 aromatic carbocycles. The standard InChI is InChI=1S/C10H9F5O2S/c1-3-17-8(16)6-4-7(18-5(6)2)9(11,12)10(13,14)15/h4H,3H2,1-2H3. The van der Waals surface area contributed by atoms with Gasteiger partial charge in [-0.3, -0.25) is 0 Å². The quantitative estimate of drug-likeness (QED) is 0.623. The molecule has 0 aliphatic carbocycles. The summed E-state index contributed by atoms with van der Waals surface area (Å²) in [6.45, 7) is 2.80. The van der Waals surface area contributed by atoms with Gasteiger partial charge in [-0.1, -0.05) is 0 Å². The molecule has 18 heavy (non-hydrogen) atoms. The lowest BCUT2D eigenvalue weighted by molar-refractivity contribution is -0.287. The van der Waals surface area contributed by atoms with E-state index < -0.39 is 22.9 Å². The summed E-state index contributed by atoms with van der Waals surface area (Å²) in [7, 11) is 0. The van der Waals surface area contributed by atoms with Crippen molar-refractivity contribution >= 4 is 17.3 Å². The van der Waals surface area contributed by atoms with Crippen LogP contribution in [0.5, 0.6) is 0 Å². The Hall–Kier alpha value is -1.18. The van der Waals surface area contributed by atoms with Crippen LogP contribution in [0.15, 0.2) is 6.07 Å². The predicted octanol–water partition coefficient (Wildman–Crippen LogP) is 3.89. The van der Waals surface area contributed by atoms with E-state index >= 15 is 0 Å². The normalized spacial score (nSPS) is 12.6. The largest absolute Gasteiger partial charge is 0.462 e. The van der Waals surface area contributed by atoms with Crippen LogP contribution in [0, 0.1) is 6.92 Å². The number of thiophene rings is 1. The van der Waals surface area contributed by atoms with E-state index in [1.807, 2.05) is 0 Å². The van der Waals surface area contributed by atoms with Crippen molar-refractivity contribution < 1.29 is 31.5 Å². The molecule has 0 fully saturated rings. The van der Waals surface area contributed by atoms with Crippen molar-refractivity contribution in [2.45, 2.75) is 25.9 Å². The number of esters is 1. The molecule has 1 aromatic rings. The zero-order valence-corrected chi connectivity index (χ0v) is 10.2. The summed E-state index contributed by atoms with van der Waals surface area (Å²) in [5.41, 5.74) is -0.263. The zero-order valence-electron chi connectivity index (χ0n) is 9.40. The van der Waals surface area contributed by atoms with Gasteiger partial charge in [-0.25, -0.2) is 4.79 Å². The fourth-order valence-corrected chi connectivity index (χ4v) is 2.19. The lowest BCUT2D eigenvalue weighted by atomic mass is 10.2. The van der Waals surface area contributed by atoms with Crippen molar-refractivity contribution in [2.75, 3.05) is 6.61 Å². The number of carbonyl (C=O) groups excluding carboxylic acids is 1. The molecule has 1 aromatic heterocycles. The summed E-state index contributed by atoms with van der Waals surface area (Å²) in [4.78, 5) is 10.2. The minimum Gasteiger partial charge on any atom is -0.462 e. The third kappa shape index (κ3) is 2.63. The molecule has 0 aliphatic heterocycles. The summed E-state index contributed by atoms with van der Waals surface area (Å²) in [6.07, 6.45) is -5.68. The van der Waals surface area contributed by atoms with E-state index in [1.165, 1.54) is 13.8 Å². The van der Waals surface area contributed by atoms with Crippen LogP contribution in [0.1, 0.15) is 27.0 Å². The predicted molar refractivity (Wildman–Crippen MR) is 55.0 cm³/mol. The van der Waals surface area contributed by atoms with Gasteiger partial charge < -0.3 is 4.74 Å². The third-order valence-electron chi connectivity index (χ3n) is 2.08. The Morgan fingerprint density at radius 3 is 2.33 bits per heavy atom. The molecule has 8 heteroatoms. The first kappa shape index (κ1) is 14.9. The smallest absolute Gasteiger partial charge is 0.458 e. The number of ether oxygens (including phenoxy) is 1. The second-order valence-electron chi connectivity index (χ2n) is 3.37. The highest BCUT2D eigenvalue weighted by molar-refractivity contribution is 7.12. The Balaban J connectivity index is 3.16. The van der Waals surface area contributed by atoms with Gasteiger partial charge >= 0.3 is 18.1 Å². The van der Waals surface area contributed by atoms with Gasteiger partial charge in [0.1, 0.15) is 0 Å². The molecule has 0 amide bonds. The van der Waals surface area contributed by atoms with Gasteiger partial charge in [0.25, 0.3) is 0 Å². The van der Waals surface area contributed by atoms with Gasteiger partial charge in [0.2, 0.25) is 0 Å². The number of aryl methyl sites for hydroxylation is 1. The van der Waals surface area contributed by atoms with Gasteiger partial charge in [0, 0.05) is 4.88 Å². The van der Waals surface area contributed by atoms with Crippen molar-refractivity contribution in [3.05, 3.63) is 21.4 Å². The van der Waals surface area contributed by atoms with Crippen LogP contribution in [0.3, 0.4) is 0 Å². The van der Waals surface area contributed by atoms with E-state index in [9.17, 15) is 26.7 Å². The average molecular weight is 288 g/mol. The summed E-state index contributed by atoms with van der Waals surface area (Å²) >= 11 is 0.232. The molecule has 0 radical (unpaired) electrons. The van der Waals surface area contributed by atoms with Crippen LogP contribution in [0.25, 0.3) is 0 Å². The number of hydrogen-bond acceptors (Lipinski definition) is 3. The maximum atomic E-state index is 13.0. The highest BCUT2D eigenvalue weighted by Gasteiger charge is 2.59. The van der Waals surface area contributed by atoms with Crippen molar-refractivity contribution in [3.63, 3.8) is 0 Å². The van der Waals surface area contributed by atoms with Crippen molar-refractivity contribution in [3.8, 4) is 0 Å². The molecule has 0 saturated heterocycles. The Morgan fingerprint density at radius 2 is 1.89 bits per heavy atom. The molecule has 0 aliphatic rings.